The van der Waals surface area contributed by atoms with E-state index in [2.05, 4.69) is 39.0 Å². The van der Waals surface area contributed by atoms with Crippen LogP contribution in [0.15, 0.2) is 18.2 Å². The predicted molar refractivity (Wildman–Crippen MR) is 77.7 cm³/mol. The molecule has 96 valence electrons. The molecule has 0 unspecified atom stereocenters. The highest BCUT2D eigenvalue weighted by Crippen LogP contribution is 2.20. The Hall–Kier alpha value is -0.780. The lowest BCUT2D eigenvalue weighted by atomic mass is 9.92. The smallest absolute Gasteiger partial charge is 0.0276 e. The molecule has 0 saturated heterocycles. The van der Waals surface area contributed by atoms with Gasteiger partial charge in [-0.25, -0.2) is 0 Å². The molecule has 1 aromatic rings. The van der Waals surface area contributed by atoms with Crippen LogP contribution in [-0.4, -0.2) is 0 Å². The van der Waals surface area contributed by atoms with E-state index >= 15 is 0 Å². The van der Waals surface area contributed by atoms with Crippen LogP contribution < -0.4 is 0 Å². The summed E-state index contributed by atoms with van der Waals surface area (Å²) in [6.07, 6.45) is 10.4. The summed E-state index contributed by atoms with van der Waals surface area (Å²) in [6, 6.07) is 6.89. The molecule has 0 nitrogen and oxygen atoms in total. The first-order valence-corrected chi connectivity index (χ1v) is 7.43. The lowest BCUT2D eigenvalue weighted by molar-refractivity contribution is 0.663. The Balaban J connectivity index is 2.68. The predicted octanol–water partition coefficient (Wildman–Crippen LogP) is 5.32. The second-order valence-electron chi connectivity index (χ2n) is 4.97. The summed E-state index contributed by atoms with van der Waals surface area (Å²) in [6.45, 7) is 6.84. The first-order chi connectivity index (χ1) is 8.33. The van der Waals surface area contributed by atoms with Crippen molar-refractivity contribution in [3.8, 4) is 0 Å². The van der Waals surface area contributed by atoms with Crippen LogP contribution in [0, 0.1) is 0 Å². The molecule has 1 aromatic carbocycles. The second kappa shape index (κ2) is 8.33. The van der Waals surface area contributed by atoms with Gasteiger partial charge in [0.1, 0.15) is 0 Å². The second-order valence-corrected chi connectivity index (χ2v) is 4.97. The van der Waals surface area contributed by atoms with E-state index in [1.54, 1.807) is 16.7 Å². The quantitative estimate of drug-likeness (QED) is 0.532. The number of rotatable bonds is 8. The van der Waals surface area contributed by atoms with Crippen LogP contribution in [0.4, 0.5) is 0 Å². The van der Waals surface area contributed by atoms with E-state index in [-0.39, 0.29) is 0 Å². The maximum absolute atomic E-state index is 2.34. The van der Waals surface area contributed by atoms with Crippen molar-refractivity contribution >= 4 is 0 Å². The van der Waals surface area contributed by atoms with E-state index in [1.165, 1.54) is 51.4 Å². The van der Waals surface area contributed by atoms with Gasteiger partial charge in [-0.15, -0.1) is 0 Å². The Labute approximate surface area is 107 Å². The van der Waals surface area contributed by atoms with Crippen LogP contribution in [0.5, 0.6) is 0 Å². The fourth-order valence-corrected chi connectivity index (χ4v) is 2.57. The molecule has 0 atom stereocenters. The van der Waals surface area contributed by atoms with E-state index in [0.717, 1.165) is 0 Å². The average molecular weight is 232 g/mol. The van der Waals surface area contributed by atoms with Crippen molar-refractivity contribution in [1.82, 2.24) is 0 Å². The van der Waals surface area contributed by atoms with E-state index in [4.69, 9.17) is 0 Å². The summed E-state index contributed by atoms with van der Waals surface area (Å²) in [5.74, 6) is 0. The summed E-state index contributed by atoms with van der Waals surface area (Å²) in [7, 11) is 0. The molecular weight excluding hydrogens is 204 g/mol. The van der Waals surface area contributed by atoms with E-state index in [9.17, 15) is 0 Å². The number of unbranched alkanes of at least 4 members (excludes halogenated alkanes) is 3. The molecular formula is C17H28. The molecule has 0 aromatic heterocycles. The standard InChI is InChI=1S/C17H28/c1-4-7-8-9-12-16-14-10-13-15(6-3)17(16)11-5-2/h10,13-14H,4-9,11-12H2,1-3H3. The SMILES string of the molecule is CCCCCCc1cccc(CC)c1CCC. The molecule has 0 N–H and O–H groups in total. The molecule has 17 heavy (non-hydrogen) atoms. The third-order valence-corrected chi connectivity index (χ3v) is 3.55. The third-order valence-electron chi connectivity index (χ3n) is 3.55. The fraction of sp³-hybridized carbons (Fsp3) is 0.647. The number of hydrogen-bond acceptors (Lipinski definition) is 0. The van der Waals surface area contributed by atoms with Gasteiger partial charge in [0.05, 0.1) is 0 Å². The van der Waals surface area contributed by atoms with Crippen LogP contribution in [-0.2, 0) is 19.3 Å². The first-order valence-electron chi connectivity index (χ1n) is 7.43. The van der Waals surface area contributed by atoms with Crippen molar-refractivity contribution in [3.05, 3.63) is 34.9 Å². The van der Waals surface area contributed by atoms with Gasteiger partial charge in [-0.1, -0.05) is 64.7 Å². The van der Waals surface area contributed by atoms with Gasteiger partial charge in [-0.2, -0.15) is 0 Å². The van der Waals surface area contributed by atoms with Gasteiger partial charge in [0, 0.05) is 0 Å². The number of aryl methyl sites for hydroxylation is 2. The van der Waals surface area contributed by atoms with Crippen molar-refractivity contribution in [2.45, 2.75) is 72.1 Å². The lowest BCUT2D eigenvalue weighted by Crippen LogP contribution is -1.99. The molecule has 0 aliphatic rings. The summed E-state index contributed by atoms with van der Waals surface area (Å²) in [5, 5.41) is 0. The zero-order chi connectivity index (χ0) is 12.5. The van der Waals surface area contributed by atoms with Crippen molar-refractivity contribution in [2.24, 2.45) is 0 Å². The zero-order valence-electron chi connectivity index (χ0n) is 11.9. The van der Waals surface area contributed by atoms with Gasteiger partial charge in [-0.3, -0.25) is 0 Å². The Morgan fingerprint density at radius 3 is 2.18 bits per heavy atom. The average Bonchev–Trinajstić information content (AvgIpc) is 2.36. The Kier molecular flexibility index (Phi) is 7.00. The Bertz CT molecular complexity index is 312. The van der Waals surface area contributed by atoms with Gasteiger partial charge in [0.25, 0.3) is 0 Å². The molecule has 0 spiro atoms. The molecule has 0 aliphatic carbocycles. The van der Waals surface area contributed by atoms with Gasteiger partial charge >= 0.3 is 0 Å². The van der Waals surface area contributed by atoms with Gasteiger partial charge in [0.15, 0.2) is 0 Å². The molecule has 0 fully saturated rings. The summed E-state index contributed by atoms with van der Waals surface area (Å²) < 4.78 is 0. The highest BCUT2D eigenvalue weighted by Gasteiger charge is 2.05. The summed E-state index contributed by atoms with van der Waals surface area (Å²) in [5.41, 5.74) is 4.83. The first kappa shape index (κ1) is 14.3. The molecule has 0 heterocycles. The van der Waals surface area contributed by atoms with E-state index < -0.39 is 0 Å². The van der Waals surface area contributed by atoms with Crippen molar-refractivity contribution in [3.63, 3.8) is 0 Å². The molecule has 0 radical (unpaired) electrons. The highest BCUT2D eigenvalue weighted by atomic mass is 14.1. The Morgan fingerprint density at radius 2 is 1.53 bits per heavy atom. The maximum atomic E-state index is 2.34. The molecule has 0 saturated carbocycles. The van der Waals surface area contributed by atoms with Crippen LogP contribution in [0.25, 0.3) is 0 Å². The van der Waals surface area contributed by atoms with Gasteiger partial charge < -0.3 is 0 Å². The van der Waals surface area contributed by atoms with Crippen LogP contribution >= 0.6 is 0 Å². The Morgan fingerprint density at radius 1 is 0.765 bits per heavy atom. The van der Waals surface area contributed by atoms with Crippen LogP contribution in [0.2, 0.25) is 0 Å². The highest BCUT2D eigenvalue weighted by molar-refractivity contribution is 5.35. The third kappa shape index (κ3) is 4.53. The van der Waals surface area contributed by atoms with Crippen LogP contribution in [0.3, 0.4) is 0 Å². The lowest BCUT2D eigenvalue weighted by Gasteiger charge is -2.13. The van der Waals surface area contributed by atoms with Crippen LogP contribution in [0.1, 0.15) is 69.6 Å². The van der Waals surface area contributed by atoms with Crippen molar-refractivity contribution < 1.29 is 0 Å². The minimum atomic E-state index is 1.18. The monoisotopic (exact) mass is 232 g/mol. The topological polar surface area (TPSA) is 0 Å². The molecule has 1 rings (SSSR count). The van der Waals surface area contributed by atoms with Gasteiger partial charge in [-0.05, 0) is 42.4 Å². The maximum Gasteiger partial charge on any atom is -0.0276 e. The van der Waals surface area contributed by atoms with Crippen molar-refractivity contribution in [2.75, 3.05) is 0 Å². The molecule has 0 aliphatic heterocycles. The minimum Gasteiger partial charge on any atom is -0.0654 e. The molecule has 0 heteroatoms. The fourth-order valence-electron chi connectivity index (χ4n) is 2.57. The van der Waals surface area contributed by atoms with E-state index in [0.29, 0.717) is 0 Å². The number of benzene rings is 1. The summed E-state index contributed by atoms with van der Waals surface area (Å²) >= 11 is 0. The zero-order valence-corrected chi connectivity index (χ0v) is 11.9. The summed E-state index contributed by atoms with van der Waals surface area (Å²) in [4.78, 5) is 0. The van der Waals surface area contributed by atoms with E-state index in [1.807, 2.05) is 0 Å². The van der Waals surface area contributed by atoms with Gasteiger partial charge in [0.2, 0.25) is 0 Å². The minimum absolute atomic E-state index is 1.18. The molecule has 0 amide bonds. The number of hydrogen-bond donors (Lipinski definition) is 0. The normalized spacial score (nSPS) is 10.8. The molecule has 0 bridgehead atoms. The largest absolute Gasteiger partial charge is 0.0654 e. The van der Waals surface area contributed by atoms with Crippen molar-refractivity contribution in [1.29, 1.82) is 0 Å².